The minimum atomic E-state index is -1.31. The van der Waals surface area contributed by atoms with Crippen LogP contribution >= 0.6 is 0 Å². The SMILES string of the molecule is CC=C(C=CC1(O)C(C)=CC(=O)CC1(C)C)C(=O)O. The van der Waals surface area contributed by atoms with Crippen LogP contribution in [0.15, 0.2) is 35.5 Å². The van der Waals surface area contributed by atoms with Gasteiger partial charge in [-0.15, -0.1) is 0 Å². The standard InChI is InChI=1S/C15H20O4/c1-5-11(13(17)18)6-7-15(19)10(2)8-12(16)9-14(15,3)4/h5-8,19H,9H2,1-4H3,(H,17,18). The van der Waals surface area contributed by atoms with Crippen LogP contribution in [0.25, 0.3) is 0 Å². The highest BCUT2D eigenvalue weighted by Gasteiger charge is 2.46. The summed E-state index contributed by atoms with van der Waals surface area (Å²) < 4.78 is 0. The van der Waals surface area contributed by atoms with Gasteiger partial charge >= 0.3 is 5.97 Å². The van der Waals surface area contributed by atoms with Crippen molar-refractivity contribution >= 4 is 11.8 Å². The van der Waals surface area contributed by atoms with E-state index in [0.29, 0.717) is 5.57 Å². The summed E-state index contributed by atoms with van der Waals surface area (Å²) in [4.78, 5) is 22.5. The molecule has 1 aliphatic rings. The van der Waals surface area contributed by atoms with Crippen molar-refractivity contribution in [1.29, 1.82) is 0 Å². The number of aliphatic carboxylic acids is 1. The molecule has 2 N–H and O–H groups in total. The van der Waals surface area contributed by atoms with E-state index in [9.17, 15) is 14.7 Å². The van der Waals surface area contributed by atoms with Gasteiger partial charge in [-0.1, -0.05) is 19.9 Å². The molecule has 1 aliphatic carbocycles. The number of carboxylic acid groups (broad SMARTS) is 1. The fraction of sp³-hybridized carbons (Fsp3) is 0.467. The van der Waals surface area contributed by atoms with Crippen molar-refractivity contribution in [1.82, 2.24) is 0 Å². The Morgan fingerprint density at radius 2 is 2.00 bits per heavy atom. The lowest BCUT2D eigenvalue weighted by Crippen LogP contribution is -2.48. The highest BCUT2D eigenvalue weighted by Crippen LogP contribution is 2.44. The first-order chi connectivity index (χ1) is 8.64. The lowest BCUT2D eigenvalue weighted by Gasteiger charge is -2.43. The Hall–Kier alpha value is -1.68. The largest absolute Gasteiger partial charge is 0.478 e. The van der Waals surface area contributed by atoms with E-state index < -0.39 is 17.0 Å². The zero-order valence-electron chi connectivity index (χ0n) is 11.7. The minimum Gasteiger partial charge on any atom is -0.478 e. The number of aliphatic hydroxyl groups is 1. The summed E-state index contributed by atoms with van der Waals surface area (Å²) in [5.41, 5.74) is -1.35. The Morgan fingerprint density at radius 3 is 2.42 bits per heavy atom. The maximum absolute atomic E-state index is 11.6. The molecule has 0 heterocycles. The van der Waals surface area contributed by atoms with E-state index in [-0.39, 0.29) is 17.8 Å². The first-order valence-corrected chi connectivity index (χ1v) is 6.17. The molecule has 19 heavy (non-hydrogen) atoms. The number of rotatable bonds is 3. The van der Waals surface area contributed by atoms with Gasteiger partial charge < -0.3 is 10.2 Å². The van der Waals surface area contributed by atoms with Crippen LogP contribution in [-0.2, 0) is 9.59 Å². The smallest absolute Gasteiger partial charge is 0.335 e. The molecule has 0 aromatic carbocycles. The molecule has 0 saturated heterocycles. The van der Waals surface area contributed by atoms with E-state index in [1.165, 1.54) is 24.3 Å². The molecular weight excluding hydrogens is 244 g/mol. The van der Waals surface area contributed by atoms with Crippen LogP contribution < -0.4 is 0 Å². The quantitative estimate of drug-likeness (QED) is 0.605. The number of carboxylic acids is 1. The van der Waals surface area contributed by atoms with Gasteiger partial charge in [0.2, 0.25) is 0 Å². The molecule has 0 amide bonds. The summed E-state index contributed by atoms with van der Waals surface area (Å²) in [5, 5.41) is 19.7. The van der Waals surface area contributed by atoms with E-state index in [1.54, 1.807) is 27.7 Å². The van der Waals surface area contributed by atoms with E-state index in [1.807, 2.05) is 0 Å². The molecular formula is C15H20O4. The predicted octanol–water partition coefficient (Wildman–Crippen LogP) is 2.25. The van der Waals surface area contributed by atoms with Gasteiger partial charge in [0.25, 0.3) is 0 Å². The number of ketones is 1. The number of hydrogen-bond acceptors (Lipinski definition) is 3. The number of allylic oxidation sites excluding steroid dienone is 2. The Bertz CT molecular complexity index is 494. The molecule has 0 spiro atoms. The second-order valence-electron chi connectivity index (χ2n) is 5.50. The molecule has 0 radical (unpaired) electrons. The van der Waals surface area contributed by atoms with Crippen molar-refractivity contribution in [2.45, 2.75) is 39.7 Å². The zero-order valence-corrected chi connectivity index (χ0v) is 11.7. The number of carbonyl (C=O) groups is 2. The van der Waals surface area contributed by atoms with Crippen LogP contribution in [0.2, 0.25) is 0 Å². The van der Waals surface area contributed by atoms with Gasteiger partial charge in [0, 0.05) is 11.8 Å². The topological polar surface area (TPSA) is 74.6 Å². The number of carbonyl (C=O) groups excluding carboxylic acids is 1. The van der Waals surface area contributed by atoms with Gasteiger partial charge in [-0.05, 0) is 37.6 Å². The highest BCUT2D eigenvalue weighted by molar-refractivity contribution is 5.93. The maximum Gasteiger partial charge on any atom is 0.335 e. The van der Waals surface area contributed by atoms with E-state index >= 15 is 0 Å². The number of hydrogen-bond donors (Lipinski definition) is 2. The summed E-state index contributed by atoms with van der Waals surface area (Å²) in [6.45, 7) is 6.89. The Labute approximate surface area is 113 Å². The molecule has 4 nitrogen and oxygen atoms in total. The van der Waals surface area contributed by atoms with Crippen molar-refractivity contribution in [3.05, 3.63) is 35.5 Å². The average Bonchev–Trinajstić information content (AvgIpc) is 2.25. The second-order valence-corrected chi connectivity index (χ2v) is 5.50. The van der Waals surface area contributed by atoms with Gasteiger partial charge in [0.05, 0.1) is 5.57 Å². The second kappa shape index (κ2) is 5.13. The van der Waals surface area contributed by atoms with Crippen molar-refractivity contribution in [3.8, 4) is 0 Å². The molecule has 0 saturated carbocycles. The van der Waals surface area contributed by atoms with E-state index in [2.05, 4.69) is 0 Å². The lowest BCUT2D eigenvalue weighted by atomic mass is 9.64. The monoisotopic (exact) mass is 264 g/mol. The molecule has 0 fully saturated rings. The third-order valence-corrected chi connectivity index (χ3v) is 3.69. The fourth-order valence-electron chi connectivity index (χ4n) is 2.37. The van der Waals surface area contributed by atoms with Crippen LogP contribution in [0.5, 0.6) is 0 Å². The third-order valence-electron chi connectivity index (χ3n) is 3.69. The molecule has 1 unspecified atom stereocenters. The maximum atomic E-state index is 11.6. The van der Waals surface area contributed by atoms with Crippen LogP contribution in [0.4, 0.5) is 0 Å². The van der Waals surface area contributed by atoms with Crippen LogP contribution in [-0.4, -0.2) is 27.6 Å². The third kappa shape index (κ3) is 2.84. The molecule has 4 heteroatoms. The zero-order chi connectivity index (χ0) is 14.8. The summed E-state index contributed by atoms with van der Waals surface area (Å²) in [6.07, 6.45) is 5.96. The van der Waals surface area contributed by atoms with Gasteiger partial charge in [-0.3, -0.25) is 4.79 Å². The Morgan fingerprint density at radius 1 is 1.42 bits per heavy atom. The minimum absolute atomic E-state index is 0.0231. The molecule has 0 aliphatic heterocycles. The Kier molecular flexibility index (Phi) is 4.15. The van der Waals surface area contributed by atoms with Gasteiger partial charge in [0.15, 0.2) is 5.78 Å². The summed E-state index contributed by atoms with van der Waals surface area (Å²) in [6, 6.07) is 0. The van der Waals surface area contributed by atoms with Gasteiger partial charge in [-0.25, -0.2) is 4.79 Å². The summed E-state index contributed by atoms with van der Waals surface area (Å²) in [5.74, 6) is -1.07. The van der Waals surface area contributed by atoms with Crippen molar-refractivity contribution in [3.63, 3.8) is 0 Å². The first kappa shape index (κ1) is 15.4. The highest BCUT2D eigenvalue weighted by atomic mass is 16.4. The van der Waals surface area contributed by atoms with Crippen molar-refractivity contribution < 1.29 is 19.8 Å². The van der Waals surface area contributed by atoms with E-state index in [0.717, 1.165) is 0 Å². The van der Waals surface area contributed by atoms with Gasteiger partial charge in [0.1, 0.15) is 5.60 Å². The normalized spacial score (nSPS) is 27.5. The molecule has 1 rings (SSSR count). The molecule has 104 valence electrons. The molecule has 0 bridgehead atoms. The Balaban J connectivity index is 3.22. The van der Waals surface area contributed by atoms with Crippen LogP contribution in [0, 0.1) is 5.41 Å². The molecule has 1 atom stereocenters. The van der Waals surface area contributed by atoms with Crippen LogP contribution in [0.1, 0.15) is 34.1 Å². The molecule has 0 aromatic heterocycles. The van der Waals surface area contributed by atoms with Gasteiger partial charge in [-0.2, -0.15) is 0 Å². The summed E-state index contributed by atoms with van der Waals surface area (Å²) >= 11 is 0. The lowest BCUT2D eigenvalue weighted by molar-refractivity contribution is -0.132. The molecule has 0 aromatic rings. The first-order valence-electron chi connectivity index (χ1n) is 6.17. The van der Waals surface area contributed by atoms with Crippen molar-refractivity contribution in [2.24, 2.45) is 5.41 Å². The summed E-state index contributed by atoms with van der Waals surface area (Å²) in [7, 11) is 0. The van der Waals surface area contributed by atoms with E-state index in [4.69, 9.17) is 5.11 Å². The fourth-order valence-corrected chi connectivity index (χ4v) is 2.37. The predicted molar refractivity (Wildman–Crippen MR) is 72.6 cm³/mol. The average molecular weight is 264 g/mol. The van der Waals surface area contributed by atoms with Crippen molar-refractivity contribution in [2.75, 3.05) is 0 Å². The van der Waals surface area contributed by atoms with Crippen LogP contribution in [0.3, 0.4) is 0 Å².